The zero-order chi connectivity index (χ0) is 12.0. The first-order chi connectivity index (χ1) is 8.14. The Balaban J connectivity index is 2.23. The van der Waals surface area contributed by atoms with Gasteiger partial charge in [0.1, 0.15) is 0 Å². The predicted molar refractivity (Wildman–Crippen MR) is 65.8 cm³/mol. The highest BCUT2D eigenvalue weighted by molar-refractivity contribution is 5.41. The zero-order valence-electron chi connectivity index (χ0n) is 9.95. The molecule has 0 fully saturated rings. The van der Waals surface area contributed by atoms with Crippen molar-refractivity contribution in [1.82, 2.24) is 15.1 Å². The van der Waals surface area contributed by atoms with Crippen molar-refractivity contribution in [3.63, 3.8) is 0 Å². The van der Waals surface area contributed by atoms with Crippen LogP contribution in [0.3, 0.4) is 0 Å². The van der Waals surface area contributed by atoms with Gasteiger partial charge in [-0.25, -0.2) is 0 Å². The first-order valence-electron chi connectivity index (χ1n) is 5.71. The number of aromatic amines is 2. The molecule has 2 aromatic rings. The molecule has 0 saturated carbocycles. The minimum absolute atomic E-state index is 0.00786. The van der Waals surface area contributed by atoms with Crippen molar-refractivity contribution in [3.8, 4) is 0 Å². The Morgan fingerprint density at radius 1 is 1.24 bits per heavy atom. The third-order valence-electron chi connectivity index (χ3n) is 3.86. The van der Waals surface area contributed by atoms with Crippen LogP contribution in [0.5, 0.6) is 0 Å². The van der Waals surface area contributed by atoms with Gasteiger partial charge >= 0.3 is 0 Å². The minimum atomic E-state index is -0.254. The maximum Gasteiger partial charge on any atom is 0.268 e. The molecule has 1 aliphatic rings. The van der Waals surface area contributed by atoms with Gasteiger partial charge in [-0.2, -0.15) is 0 Å². The van der Waals surface area contributed by atoms with E-state index in [2.05, 4.69) is 34.2 Å². The Labute approximate surface area is 99.3 Å². The van der Waals surface area contributed by atoms with Gasteiger partial charge in [0, 0.05) is 6.54 Å². The summed E-state index contributed by atoms with van der Waals surface area (Å²) in [6, 6.07) is 10.2. The number of hydrogen-bond acceptors (Lipinski definition) is 2. The monoisotopic (exact) mass is 229 g/mol. The standard InChI is InChI=1S/C13H15N3O/c1-13(9-6-4-3-5-7-9)11-10(8-16(13)2)12(17)15-14-11/h3-7H,8H2,1-2H3,(H2,14,15,17). The molecule has 1 aromatic carbocycles. The normalized spacial score (nSPS) is 23.9. The number of aromatic nitrogens is 2. The van der Waals surface area contributed by atoms with Gasteiger partial charge in [-0.1, -0.05) is 30.3 Å². The molecule has 3 rings (SSSR count). The van der Waals surface area contributed by atoms with Gasteiger partial charge < -0.3 is 0 Å². The number of rotatable bonds is 1. The summed E-state index contributed by atoms with van der Waals surface area (Å²) in [7, 11) is 2.04. The maximum atomic E-state index is 11.7. The molecule has 1 atom stereocenters. The zero-order valence-corrected chi connectivity index (χ0v) is 9.95. The second kappa shape index (κ2) is 3.34. The van der Waals surface area contributed by atoms with Crippen molar-refractivity contribution >= 4 is 0 Å². The van der Waals surface area contributed by atoms with Crippen LogP contribution < -0.4 is 5.56 Å². The summed E-state index contributed by atoms with van der Waals surface area (Å²) in [5.74, 6) is 0. The summed E-state index contributed by atoms with van der Waals surface area (Å²) >= 11 is 0. The number of nitrogens with zero attached hydrogens (tertiary/aromatic N) is 1. The fourth-order valence-corrected chi connectivity index (χ4v) is 2.66. The van der Waals surface area contributed by atoms with E-state index >= 15 is 0 Å². The van der Waals surface area contributed by atoms with E-state index in [9.17, 15) is 4.79 Å². The van der Waals surface area contributed by atoms with Crippen LogP contribution in [-0.2, 0) is 12.1 Å². The van der Waals surface area contributed by atoms with Crippen molar-refractivity contribution in [3.05, 3.63) is 57.5 Å². The largest absolute Gasteiger partial charge is 0.300 e. The topological polar surface area (TPSA) is 51.9 Å². The highest BCUT2D eigenvalue weighted by atomic mass is 16.1. The SMILES string of the molecule is CN1Cc2c([nH][nH]c2=O)C1(C)c1ccccc1. The molecule has 4 nitrogen and oxygen atoms in total. The van der Waals surface area contributed by atoms with Gasteiger partial charge in [0.2, 0.25) is 0 Å². The lowest BCUT2D eigenvalue weighted by molar-refractivity contribution is 0.195. The van der Waals surface area contributed by atoms with Gasteiger partial charge in [0.15, 0.2) is 0 Å². The van der Waals surface area contributed by atoms with Crippen LogP contribution in [0, 0.1) is 0 Å². The van der Waals surface area contributed by atoms with Gasteiger partial charge in [0.25, 0.3) is 5.56 Å². The van der Waals surface area contributed by atoms with Crippen molar-refractivity contribution in [1.29, 1.82) is 0 Å². The second-order valence-corrected chi connectivity index (χ2v) is 4.73. The molecule has 1 aromatic heterocycles. The fraction of sp³-hybridized carbons (Fsp3) is 0.308. The average Bonchev–Trinajstić information content (AvgIpc) is 2.83. The highest BCUT2D eigenvalue weighted by Crippen LogP contribution is 2.40. The van der Waals surface area contributed by atoms with Crippen LogP contribution in [0.15, 0.2) is 35.1 Å². The summed E-state index contributed by atoms with van der Waals surface area (Å²) in [5, 5.41) is 5.70. The van der Waals surface area contributed by atoms with Crippen molar-refractivity contribution in [2.24, 2.45) is 0 Å². The summed E-state index contributed by atoms with van der Waals surface area (Å²) < 4.78 is 0. The van der Waals surface area contributed by atoms with Crippen LogP contribution in [0.4, 0.5) is 0 Å². The maximum absolute atomic E-state index is 11.7. The molecule has 0 bridgehead atoms. The highest BCUT2D eigenvalue weighted by Gasteiger charge is 2.43. The molecule has 88 valence electrons. The molecular formula is C13H15N3O. The number of benzene rings is 1. The summed E-state index contributed by atoms with van der Waals surface area (Å²) in [6.07, 6.45) is 0. The van der Waals surface area contributed by atoms with Gasteiger partial charge in [-0.15, -0.1) is 0 Å². The third kappa shape index (κ3) is 1.24. The molecule has 17 heavy (non-hydrogen) atoms. The van der Waals surface area contributed by atoms with Crippen LogP contribution >= 0.6 is 0 Å². The van der Waals surface area contributed by atoms with Crippen molar-refractivity contribution in [2.75, 3.05) is 7.05 Å². The summed E-state index contributed by atoms with van der Waals surface area (Å²) in [6.45, 7) is 2.82. The molecule has 0 spiro atoms. The molecule has 0 radical (unpaired) electrons. The van der Waals surface area contributed by atoms with E-state index < -0.39 is 0 Å². The lowest BCUT2D eigenvalue weighted by atomic mass is 9.89. The van der Waals surface area contributed by atoms with Gasteiger partial charge in [-0.05, 0) is 19.5 Å². The Bertz CT molecular complexity index is 599. The lowest BCUT2D eigenvalue weighted by Gasteiger charge is -2.33. The number of fused-ring (bicyclic) bond motifs is 1. The fourth-order valence-electron chi connectivity index (χ4n) is 2.66. The smallest absolute Gasteiger partial charge is 0.268 e. The van der Waals surface area contributed by atoms with Crippen LogP contribution in [0.25, 0.3) is 0 Å². The number of H-pyrrole nitrogens is 2. The Kier molecular flexibility index (Phi) is 2.03. The number of nitrogens with one attached hydrogen (secondary N) is 2. The van der Waals surface area contributed by atoms with Crippen molar-refractivity contribution in [2.45, 2.75) is 19.0 Å². The first kappa shape index (κ1) is 10.4. The lowest BCUT2D eigenvalue weighted by Crippen LogP contribution is -2.37. The minimum Gasteiger partial charge on any atom is -0.300 e. The van der Waals surface area contributed by atoms with Crippen LogP contribution in [0.1, 0.15) is 23.7 Å². The van der Waals surface area contributed by atoms with E-state index in [1.54, 1.807) is 0 Å². The molecule has 2 heterocycles. The summed E-state index contributed by atoms with van der Waals surface area (Å²) in [5.41, 5.74) is 2.76. The number of hydrogen-bond donors (Lipinski definition) is 2. The Morgan fingerprint density at radius 2 is 1.94 bits per heavy atom. The van der Waals surface area contributed by atoms with E-state index in [0.29, 0.717) is 6.54 Å². The van der Waals surface area contributed by atoms with E-state index in [1.165, 1.54) is 5.56 Å². The van der Waals surface area contributed by atoms with Crippen molar-refractivity contribution < 1.29 is 0 Å². The summed E-state index contributed by atoms with van der Waals surface area (Å²) in [4.78, 5) is 13.9. The molecule has 0 amide bonds. The molecule has 1 unspecified atom stereocenters. The van der Waals surface area contributed by atoms with E-state index in [4.69, 9.17) is 0 Å². The quantitative estimate of drug-likeness (QED) is 0.777. The molecule has 0 saturated heterocycles. The molecule has 2 N–H and O–H groups in total. The van der Waals surface area contributed by atoms with Gasteiger partial charge in [0.05, 0.1) is 16.8 Å². The first-order valence-corrected chi connectivity index (χ1v) is 5.71. The average molecular weight is 229 g/mol. The molecule has 0 aliphatic carbocycles. The molecule has 1 aliphatic heterocycles. The van der Waals surface area contributed by atoms with E-state index in [0.717, 1.165) is 11.3 Å². The van der Waals surface area contributed by atoms with E-state index in [-0.39, 0.29) is 11.1 Å². The molecular weight excluding hydrogens is 214 g/mol. The van der Waals surface area contributed by atoms with Gasteiger partial charge in [-0.3, -0.25) is 19.9 Å². The van der Waals surface area contributed by atoms with E-state index in [1.807, 2.05) is 25.2 Å². The Hall–Kier alpha value is -1.81. The van der Waals surface area contributed by atoms with Crippen LogP contribution in [-0.4, -0.2) is 22.1 Å². The second-order valence-electron chi connectivity index (χ2n) is 4.73. The van der Waals surface area contributed by atoms with Crippen LogP contribution in [0.2, 0.25) is 0 Å². The third-order valence-corrected chi connectivity index (χ3v) is 3.86. The predicted octanol–water partition coefficient (Wildman–Crippen LogP) is 1.41. The Morgan fingerprint density at radius 3 is 2.65 bits per heavy atom. The molecule has 4 heteroatoms.